The number of carbonyl (C=O) groups is 4. The standard InChI is InChI=1S/C36H72N6O4/c1-2-3-4-5-6-8-11-15-18-27-34(44)42-32(25-20-22-29-38)36(46)40-30-23-16-13-10-7-9-12-14-17-26-33(43)41-31(35(39)45)24-19-21-28-37/h31-32H,2-30,37-38H2,1H3,(H2,39,45)(H,40,46)(H,41,43)(H,42,44)/p+2. The summed E-state index contributed by atoms with van der Waals surface area (Å²) >= 11 is 0. The van der Waals surface area contributed by atoms with Crippen molar-refractivity contribution >= 4 is 23.6 Å². The van der Waals surface area contributed by atoms with Crippen LogP contribution in [0.3, 0.4) is 0 Å². The number of carbonyl (C=O) groups excluding carboxylic acids is 4. The number of hydrogen-bond donors (Lipinski definition) is 6. The van der Waals surface area contributed by atoms with Crippen molar-refractivity contribution in [3.8, 4) is 0 Å². The number of nitrogens with two attached hydrogens (primary N) is 1. The van der Waals surface area contributed by atoms with Crippen molar-refractivity contribution < 1.29 is 30.6 Å². The Morgan fingerprint density at radius 1 is 0.522 bits per heavy atom. The molecule has 270 valence electrons. The molecule has 0 aromatic heterocycles. The highest BCUT2D eigenvalue weighted by Crippen LogP contribution is 2.12. The topological polar surface area (TPSA) is 186 Å². The van der Waals surface area contributed by atoms with E-state index in [1.54, 1.807) is 0 Å². The lowest BCUT2D eigenvalue weighted by Gasteiger charge is -2.18. The molecule has 10 heteroatoms. The van der Waals surface area contributed by atoms with Crippen LogP contribution in [0.2, 0.25) is 0 Å². The predicted molar refractivity (Wildman–Crippen MR) is 187 cm³/mol. The number of primary amides is 1. The Morgan fingerprint density at radius 3 is 1.35 bits per heavy atom. The Morgan fingerprint density at radius 2 is 0.913 bits per heavy atom. The Balaban J connectivity index is 3.95. The lowest BCUT2D eigenvalue weighted by atomic mass is 10.1. The van der Waals surface area contributed by atoms with Gasteiger partial charge in [0.15, 0.2) is 0 Å². The molecular formula is C36H74N6O4+2. The molecule has 4 amide bonds. The molecular weight excluding hydrogens is 580 g/mol. The zero-order valence-electron chi connectivity index (χ0n) is 29.8. The Bertz CT molecular complexity index is 767. The molecule has 0 saturated heterocycles. The van der Waals surface area contributed by atoms with Crippen molar-refractivity contribution in [3.63, 3.8) is 0 Å². The summed E-state index contributed by atoms with van der Waals surface area (Å²) in [6.07, 6.45) is 26.4. The molecule has 0 aliphatic carbocycles. The number of amides is 4. The lowest BCUT2D eigenvalue weighted by Crippen LogP contribution is -2.50. The molecule has 0 rings (SSSR count). The van der Waals surface area contributed by atoms with E-state index in [4.69, 9.17) is 5.73 Å². The third-order valence-corrected chi connectivity index (χ3v) is 8.70. The third-order valence-electron chi connectivity index (χ3n) is 8.70. The van der Waals surface area contributed by atoms with E-state index < -0.39 is 18.0 Å². The first kappa shape index (κ1) is 43.8. The van der Waals surface area contributed by atoms with Crippen molar-refractivity contribution in [2.45, 2.75) is 186 Å². The van der Waals surface area contributed by atoms with Crippen molar-refractivity contribution in [3.05, 3.63) is 0 Å². The van der Waals surface area contributed by atoms with E-state index in [0.717, 1.165) is 96.6 Å². The Labute approximate surface area is 281 Å². The second-order valence-corrected chi connectivity index (χ2v) is 13.1. The Kier molecular flexibility index (Phi) is 31.2. The summed E-state index contributed by atoms with van der Waals surface area (Å²) in [6, 6.07) is -1.02. The van der Waals surface area contributed by atoms with E-state index in [1.165, 1.54) is 57.8 Å². The highest BCUT2D eigenvalue weighted by molar-refractivity contribution is 5.87. The van der Waals surface area contributed by atoms with Gasteiger partial charge in [-0.3, -0.25) is 19.2 Å². The fourth-order valence-electron chi connectivity index (χ4n) is 5.72. The zero-order chi connectivity index (χ0) is 34.1. The summed E-state index contributed by atoms with van der Waals surface area (Å²) < 4.78 is 0. The van der Waals surface area contributed by atoms with Crippen molar-refractivity contribution in [1.82, 2.24) is 16.0 Å². The first-order valence-electron chi connectivity index (χ1n) is 19.1. The minimum atomic E-state index is -0.572. The molecule has 0 fully saturated rings. The van der Waals surface area contributed by atoms with Crippen LogP contribution in [0, 0.1) is 0 Å². The molecule has 0 radical (unpaired) electrons. The van der Waals surface area contributed by atoms with Crippen LogP contribution >= 0.6 is 0 Å². The molecule has 0 aromatic rings. The highest BCUT2D eigenvalue weighted by atomic mass is 16.2. The van der Waals surface area contributed by atoms with Crippen LogP contribution in [-0.4, -0.2) is 55.3 Å². The molecule has 0 bridgehead atoms. The fourth-order valence-corrected chi connectivity index (χ4v) is 5.72. The van der Waals surface area contributed by atoms with Crippen LogP contribution in [0.25, 0.3) is 0 Å². The number of unbranched alkanes of at least 4 members (excludes halogenated alkanes) is 18. The van der Waals surface area contributed by atoms with Gasteiger partial charge >= 0.3 is 0 Å². The lowest BCUT2D eigenvalue weighted by molar-refractivity contribution is -0.368. The van der Waals surface area contributed by atoms with Crippen LogP contribution in [-0.2, 0) is 19.2 Å². The largest absolute Gasteiger partial charge is 0.368 e. The maximum atomic E-state index is 12.8. The van der Waals surface area contributed by atoms with Gasteiger partial charge in [0.1, 0.15) is 12.1 Å². The summed E-state index contributed by atoms with van der Waals surface area (Å²) in [5.74, 6) is -0.620. The first-order chi connectivity index (χ1) is 22.3. The number of hydrogen-bond acceptors (Lipinski definition) is 4. The van der Waals surface area contributed by atoms with E-state index in [-0.39, 0.29) is 17.7 Å². The number of quaternary nitrogens is 2. The van der Waals surface area contributed by atoms with E-state index in [1.807, 2.05) is 0 Å². The second-order valence-electron chi connectivity index (χ2n) is 13.1. The van der Waals surface area contributed by atoms with Crippen molar-refractivity contribution in [2.75, 3.05) is 19.6 Å². The normalized spacial score (nSPS) is 12.4. The quantitative estimate of drug-likeness (QED) is 0.0568. The first-order valence-corrected chi connectivity index (χ1v) is 19.1. The zero-order valence-corrected chi connectivity index (χ0v) is 29.8. The van der Waals surface area contributed by atoms with Crippen molar-refractivity contribution in [2.24, 2.45) is 5.73 Å². The minimum absolute atomic E-state index is 0.00589. The van der Waals surface area contributed by atoms with Gasteiger partial charge in [0.05, 0.1) is 13.1 Å². The van der Waals surface area contributed by atoms with E-state index in [9.17, 15) is 19.2 Å². The van der Waals surface area contributed by atoms with Crippen LogP contribution in [0.5, 0.6) is 0 Å². The molecule has 0 aliphatic rings. The monoisotopic (exact) mass is 655 g/mol. The molecule has 0 aromatic carbocycles. The van der Waals surface area contributed by atoms with Gasteiger partial charge in [0, 0.05) is 19.4 Å². The molecule has 0 aliphatic heterocycles. The summed E-state index contributed by atoms with van der Waals surface area (Å²) in [4.78, 5) is 49.1. The van der Waals surface area contributed by atoms with E-state index >= 15 is 0 Å². The second kappa shape index (κ2) is 32.7. The molecule has 2 unspecified atom stereocenters. The predicted octanol–water partition coefficient (Wildman–Crippen LogP) is 4.20. The molecule has 46 heavy (non-hydrogen) atoms. The minimum Gasteiger partial charge on any atom is -0.368 e. The maximum absolute atomic E-state index is 12.8. The number of nitrogens with one attached hydrogen (secondary N) is 3. The van der Waals surface area contributed by atoms with Gasteiger partial charge in [-0.2, -0.15) is 0 Å². The molecule has 2 atom stereocenters. The van der Waals surface area contributed by atoms with Gasteiger partial charge in [0.25, 0.3) is 0 Å². The van der Waals surface area contributed by atoms with E-state index in [0.29, 0.717) is 32.2 Å². The third kappa shape index (κ3) is 28.1. The number of rotatable bonds is 34. The molecule has 0 saturated carbocycles. The van der Waals surface area contributed by atoms with Gasteiger partial charge in [-0.05, 0) is 57.8 Å². The average Bonchev–Trinajstić information content (AvgIpc) is 3.03. The summed E-state index contributed by atoms with van der Waals surface area (Å²) in [6.45, 7) is 4.54. The van der Waals surface area contributed by atoms with Crippen LogP contribution in [0.4, 0.5) is 0 Å². The van der Waals surface area contributed by atoms with Gasteiger partial charge in [-0.1, -0.05) is 103 Å². The van der Waals surface area contributed by atoms with Gasteiger partial charge in [0.2, 0.25) is 23.6 Å². The van der Waals surface area contributed by atoms with Crippen LogP contribution in [0.15, 0.2) is 0 Å². The smallest absolute Gasteiger partial charge is 0.242 e. The highest BCUT2D eigenvalue weighted by Gasteiger charge is 2.20. The van der Waals surface area contributed by atoms with Crippen LogP contribution < -0.4 is 33.2 Å². The van der Waals surface area contributed by atoms with Gasteiger partial charge in [-0.25, -0.2) is 0 Å². The average molecular weight is 655 g/mol. The van der Waals surface area contributed by atoms with Crippen LogP contribution in [0.1, 0.15) is 174 Å². The van der Waals surface area contributed by atoms with E-state index in [2.05, 4.69) is 34.3 Å². The summed E-state index contributed by atoms with van der Waals surface area (Å²) in [5, 5.41) is 8.84. The van der Waals surface area contributed by atoms with Gasteiger partial charge < -0.3 is 33.2 Å². The molecule has 0 heterocycles. The summed E-state index contributed by atoms with van der Waals surface area (Å²) in [5.41, 5.74) is 13.1. The van der Waals surface area contributed by atoms with Gasteiger partial charge in [-0.15, -0.1) is 0 Å². The molecule has 10 nitrogen and oxygen atoms in total. The Hall–Kier alpha value is -2.20. The van der Waals surface area contributed by atoms with Crippen molar-refractivity contribution in [1.29, 1.82) is 0 Å². The molecule has 0 spiro atoms. The SMILES string of the molecule is CCCCCCCCCCCC(=O)NC(CCCC[NH3+])C(=O)NCCCCCCCCCCCC(=O)NC(CCCC[NH3+])C(N)=O. The fraction of sp³-hybridized carbons (Fsp3) is 0.889. The molecule has 11 N–H and O–H groups in total. The summed E-state index contributed by atoms with van der Waals surface area (Å²) in [7, 11) is 0. The maximum Gasteiger partial charge on any atom is 0.242 e.